The Hall–Kier alpha value is -1.85. The van der Waals surface area contributed by atoms with Gasteiger partial charge in [0.15, 0.2) is 0 Å². The highest BCUT2D eigenvalue weighted by Gasteiger charge is 2.40. The quantitative estimate of drug-likeness (QED) is 0.736. The van der Waals surface area contributed by atoms with Crippen LogP contribution in [0.1, 0.15) is 25.5 Å². The predicted octanol–water partition coefficient (Wildman–Crippen LogP) is 0.773. The summed E-state index contributed by atoms with van der Waals surface area (Å²) in [6.45, 7) is 2.34. The number of carbonyl (C=O) groups is 2. The number of nitrogens with zero attached hydrogens (tertiary/aromatic N) is 1. The van der Waals surface area contributed by atoms with Crippen LogP contribution in [0.5, 0.6) is 0 Å². The molecule has 0 bridgehead atoms. The van der Waals surface area contributed by atoms with E-state index in [4.69, 9.17) is 5.11 Å². The van der Waals surface area contributed by atoms with Crippen LogP contribution in [0.4, 0.5) is 0 Å². The number of H-pyrrole nitrogens is 1. The van der Waals surface area contributed by atoms with Gasteiger partial charge in [0.05, 0.1) is 30.4 Å². The fourth-order valence-corrected chi connectivity index (χ4v) is 2.55. The molecule has 1 aromatic heterocycles. The van der Waals surface area contributed by atoms with Crippen LogP contribution in [-0.2, 0) is 16.1 Å². The third kappa shape index (κ3) is 2.69. The van der Waals surface area contributed by atoms with Crippen LogP contribution in [0.25, 0.3) is 0 Å². The zero-order valence-corrected chi connectivity index (χ0v) is 10.2. The second kappa shape index (κ2) is 5.20. The number of aliphatic carboxylic acids is 1. The first kappa shape index (κ1) is 12.6. The van der Waals surface area contributed by atoms with Crippen LogP contribution in [0, 0.1) is 17.8 Å². The number of hydrogen-bond acceptors (Lipinski definition) is 3. The highest BCUT2D eigenvalue weighted by atomic mass is 16.4. The van der Waals surface area contributed by atoms with Crippen molar-refractivity contribution in [2.24, 2.45) is 17.8 Å². The lowest BCUT2D eigenvalue weighted by Gasteiger charge is -2.15. The molecule has 1 heterocycles. The maximum Gasteiger partial charge on any atom is 0.307 e. The van der Waals surface area contributed by atoms with E-state index < -0.39 is 17.8 Å². The first-order chi connectivity index (χ1) is 8.58. The molecule has 6 nitrogen and oxygen atoms in total. The van der Waals surface area contributed by atoms with Crippen molar-refractivity contribution >= 4 is 11.9 Å². The second-order valence-electron chi connectivity index (χ2n) is 4.92. The first-order valence-electron chi connectivity index (χ1n) is 6.05. The van der Waals surface area contributed by atoms with Crippen LogP contribution >= 0.6 is 0 Å². The molecule has 0 radical (unpaired) electrons. The number of imidazole rings is 1. The lowest BCUT2D eigenvalue weighted by Crippen LogP contribution is -2.35. The van der Waals surface area contributed by atoms with Crippen molar-refractivity contribution < 1.29 is 14.7 Å². The van der Waals surface area contributed by atoms with Crippen molar-refractivity contribution in [3.05, 3.63) is 18.2 Å². The summed E-state index contributed by atoms with van der Waals surface area (Å²) in [7, 11) is 0. The summed E-state index contributed by atoms with van der Waals surface area (Å²) in [4.78, 5) is 29.8. The normalized spacial score (nSPS) is 27.1. The van der Waals surface area contributed by atoms with Crippen molar-refractivity contribution in [3.8, 4) is 0 Å². The summed E-state index contributed by atoms with van der Waals surface area (Å²) >= 11 is 0. The summed E-state index contributed by atoms with van der Waals surface area (Å²) in [5, 5.41) is 11.9. The number of carboxylic acids is 1. The molecule has 1 fully saturated rings. The van der Waals surface area contributed by atoms with Crippen LogP contribution in [0.15, 0.2) is 12.5 Å². The highest BCUT2D eigenvalue weighted by Crippen LogP contribution is 2.36. The number of aromatic amines is 1. The monoisotopic (exact) mass is 251 g/mol. The lowest BCUT2D eigenvalue weighted by molar-refractivity contribution is -0.146. The van der Waals surface area contributed by atoms with Gasteiger partial charge in [-0.1, -0.05) is 6.92 Å². The van der Waals surface area contributed by atoms with Gasteiger partial charge in [0, 0.05) is 6.20 Å². The summed E-state index contributed by atoms with van der Waals surface area (Å²) in [5.41, 5.74) is 0.807. The molecule has 1 aliphatic rings. The summed E-state index contributed by atoms with van der Waals surface area (Å²) < 4.78 is 0. The van der Waals surface area contributed by atoms with Gasteiger partial charge in [0.2, 0.25) is 5.91 Å². The Morgan fingerprint density at radius 2 is 2.22 bits per heavy atom. The van der Waals surface area contributed by atoms with E-state index in [0.717, 1.165) is 5.69 Å². The Labute approximate surface area is 105 Å². The predicted molar refractivity (Wildman–Crippen MR) is 63.4 cm³/mol. The van der Waals surface area contributed by atoms with Crippen molar-refractivity contribution in [3.63, 3.8) is 0 Å². The highest BCUT2D eigenvalue weighted by molar-refractivity contribution is 5.85. The molecule has 1 saturated carbocycles. The van der Waals surface area contributed by atoms with E-state index >= 15 is 0 Å². The molecule has 1 unspecified atom stereocenters. The number of nitrogens with one attached hydrogen (secondary N) is 2. The van der Waals surface area contributed by atoms with E-state index in [1.807, 2.05) is 6.92 Å². The smallest absolute Gasteiger partial charge is 0.307 e. The molecule has 1 amide bonds. The van der Waals surface area contributed by atoms with E-state index in [9.17, 15) is 9.59 Å². The van der Waals surface area contributed by atoms with Crippen LogP contribution in [0.3, 0.4) is 0 Å². The maximum atomic E-state index is 12.0. The minimum atomic E-state index is -0.874. The molecule has 6 heteroatoms. The fraction of sp³-hybridized carbons (Fsp3) is 0.583. The molecular weight excluding hydrogens is 234 g/mol. The van der Waals surface area contributed by atoms with E-state index in [1.165, 1.54) is 0 Å². The zero-order chi connectivity index (χ0) is 13.1. The maximum absolute atomic E-state index is 12.0. The Morgan fingerprint density at radius 3 is 2.83 bits per heavy atom. The van der Waals surface area contributed by atoms with Gasteiger partial charge >= 0.3 is 5.97 Å². The Kier molecular flexibility index (Phi) is 3.64. The fourth-order valence-electron chi connectivity index (χ4n) is 2.55. The van der Waals surface area contributed by atoms with Gasteiger partial charge in [-0.3, -0.25) is 9.59 Å². The van der Waals surface area contributed by atoms with E-state index in [2.05, 4.69) is 15.3 Å². The van der Waals surface area contributed by atoms with Gasteiger partial charge in [-0.2, -0.15) is 0 Å². The van der Waals surface area contributed by atoms with Crippen molar-refractivity contribution in [1.29, 1.82) is 0 Å². The van der Waals surface area contributed by atoms with Gasteiger partial charge in [-0.15, -0.1) is 0 Å². The minimum absolute atomic E-state index is 0.179. The molecule has 2 rings (SSSR count). The molecular formula is C12H17N3O3. The molecule has 18 heavy (non-hydrogen) atoms. The van der Waals surface area contributed by atoms with Gasteiger partial charge < -0.3 is 15.4 Å². The molecule has 3 N–H and O–H groups in total. The van der Waals surface area contributed by atoms with E-state index in [0.29, 0.717) is 19.4 Å². The number of carbonyl (C=O) groups excluding carboxylic acids is 1. The topological polar surface area (TPSA) is 95.1 Å². The summed E-state index contributed by atoms with van der Waals surface area (Å²) in [6.07, 6.45) is 4.40. The Bertz CT molecular complexity index is 430. The molecule has 1 aromatic rings. The number of rotatable bonds is 4. The molecule has 0 saturated heterocycles. The second-order valence-corrected chi connectivity index (χ2v) is 4.92. The van der Waals surface area contributed by atoms with Crippen LogP contribution < -0.4 is 5.32 Å². The average molecular weight is 251 g/mol. The Balaban J connectivity index is 1.93. The van der Waals surface area contributed by atoms with Crippen LogP contribution in [-0.4, -0.2) is 27.0 Å². The third-order valence-corrected chi connectivity index (χ3v) is 3.46. The van der Waals surface area contributed by atoms with Gasteiger partial charge in [-0.05, 0) is 18.8 Å². The van der Waals surface area contributed by atoms with Gasteiger partial charge in [-0.25, -0.2) is 4.98 Å². The third-order valence-electron chi connectivity index (χ3n) is 3.46. The van der Waals surface area contributed by atoms with Crippen molar-refractivity contribution in [2.45, 2.75) is 26.3 Å². The first-order valence-corrected chi connectivity index (χ1v) is 6.05. The summed E-state index contributed by atoms with van der Waals surface area (Å²) in [5.74, 6) is -1.74. The number of hydrogen-bond donors (Lipinski definition) is 3. The zero-order valence-electron chi connectivity index (χ0n) is 10.2. The largest absolute Gasteiger partial charge is 0.481 e. The number of amides is 1. The summed E-state index contributed by atoms with van der Waals surface area (Å²) in [6, 6.07) is 0. The standard InChI is InChI=1S/C12H17N3O3/c1-7-2-9(10(3-7)12(17)18)11(16)14-5-8-4-13-6-15-8/h4,6-7,9-10H,2-3,5H2,1H3,(H,13,15)(H,14,16)(H,17,18)/t7?,9-,10+/m0/s1. The molecule has 0 spiro atoms. The van der Waals surface area contributed by atoms with Crippen molar-refractivity contribution in [2.75, 3.05) is 0 Å². The Morgan fingerprint density at radius 1 is 1.50 bits per heavy atom. The van der Waals surface area contributed by atoms with Crippen LogP contribution in [0.2, 0.25) is 0 Å². The minimum Gasteiger partial charge on any atom is -0.481 e. The van der Waals surface area contributed by atoms with Gasteiger partial charge in [0.25, 0.3) is 0 Å². The SMILES string of the molecule is CC1C[C@H](C(=O)NCc2cnc[nH]2)[C@H](C(=O)O)C1. The molecule has 0 aromatic carbocycles. The van der Waals surface area contributed by atoms with E-state index in [1.54, 1.807) is 12.5 Å². The molecule has 0 aliphatic heterocycles. The van der Waals surface area contributed by atoms with E-state index in [-0.39, 0.29) is 11.8 Å². The van der Waals surface area contributed by atoms with Crippen molar-refractivity contribution in [1.82, 2.24) is 15.3 Å². The molecule has 98 valence electrons. The molecule has 1 aliphatic carbocycles. The number of aromatic nitrogens is 2. The number of carboxylic acid groups (broad SMARTS) is 1. The lowest BCUT2D eigenvalue weighted by atomic mass is 9.95. The van der Waals surface area contributed by atoms with Gasteiger partial charge in [0.1, 0.15) is 0 Å². The molecule has 3 atom stereocenters. The average Bonchev–Trinajstić information content (AvgIpc) is 2.94.